The Morgan fingerprint density at radius 2 is 2.24 bits per heavy atom. The van der Waals surface area contributed by atoms with Crippen LogP contribution >= 0.6 is 11.8 Å². The standard InChI is InChI=1S/C16H22FN3S/c1-3-18-14(11-16-19-8-9-20(16)4-2)12-21-15-7-5-6-13(17)10-15/h5-10,14,18H,3-4,11-12H2,1-2H3. The minimum atomic E-state index is -0.179. The number of nitrogens with one attached hydrogen (secondary N) is 1. The lowest BCUT2D eigenvalue weighted by Gasteiger charge is -2.18. The molecule has 114 valence electrons. The van der Waals surface area contributed by atoms with Crippen molar-refractivity contribution in [3.05, 3.63) is 48.3 Å². The average Bonchev–Trinajstić information content (AvgIpc) is 2.92. The number of aromatic nitrogens is 2. The summed E-state index contributed by atoms with van der Waals surface area (Å²) in [6.07, 6.45) is 4.75. The smallest absolute Gasteiger partial charge is 0.124 e. The molecule has 1 N–H and O–H groups in total. The molecule has 0 radical (unpaired) electrons. The fourth-order valence-electron chi connectivity index (χ4n) is 2.27. The molecule has 3 nitrogen and oxygen atoms in total. The molecule has 1 unspecified atom stereocenters. The normalized spacial score (nSPS) is 12.5. The third kappa shape index (κ3) is 4.86. The highest BCUT2D eigenvalue weighted by Crippen LogP contribution is 2.20. The molecule has 21 heavy (non-hydrogen) atoms. The van der Waals surface area contributed by atoms with Gasteiger partial charge in [-0.05, 0) is 31.7 Å². The number of hydrogen-bond acceptors (Lipinski definition) is 3. The van der Waals surface area contributed by atoms with E-state index in [0.717, 1.165) is 36.0 Å². The van der Waals surface area contributed by atoms with E-state index in [2.05, 4.69) is 28.7 Å². The number of nitrogens with zero attached hydrogens (tertiary/aromatic N) is 2. The number of likely N-dealkylation sites (N-methyl/N-ethyl adjacent to an activating group) is 1. The molecule has 0 fully saturated rings. The number of thioether (sulfide) groups is 1. The van der Waals surface area contributed by atoms with Crippen LogP contribution in [0.25, 0.3) is 0 Å². The molecule has 2 rings (SSSR count). The van der Waals surface area contributed by atoms with E-state index < -0.39 is 0 Å². The summed E-state index contributed by atoms with van der Waals surface area (Å²) in [5.41, 5.74) is 0. The van der Waals surface area contributed by atoms with Gasteiger partial charge in [-0.25, -0.2) is 9.37 Å². The largest absolute Gasteiger partial charge is 0.335 e. The van der Waals surface area contributed by atoms with Crippen molar-refractivity contribution in [3.63, 3.8) is 0 Å². The molecule has 0 amide bonds. The van der Waals surface area contributed by atoms with Crippen molar-refractivity contribution in [2.45, 2.75) is 37.8 Å². The van der Waals surface area contributed by atoms with Gasteiger partial charge in [-0.2, -0.15) is 0 Å². The zero-order valence-corrected chi connectivity index (χ0v) is 13.4. The second-order valence-corrected chi connectivity index (χ2v) is 5.95. The van der Waals surface area contributed by atoms with Crippen LogP contribution in [-0.2, 0) is 13.0 Å². The molecule has 0 saturated heterocycles. The second-order valence-electron chi connectivity index (χ2n) is 4.86. The van der Waals surface area contributed by atoms with Gasteiger partial charge in [-0.1, -0.05) is 13.0 Å². The summed E-state index contributed by atoms with van der Waals surface area (Å²) in [5.74, 6) is 1.82. The summed E-state index contributed by atoms with van der Waals surface area (Å²) >= 11 is 1.68. The lowest BCUT2D eigenvalue weighted by atomic mass is 10.2. The Balaban J connectivity index is 1.95. The fourth-order valence-corrected chi connectivity index (χ4v) is 3.27. The van der Waals surface area contributed by atoms with E-state index in [1.54, 1.807) is 23.9 Å². The van der Waals surface area contributed by atoms with Gasteiger partial charge in [0.25, 0.3) is 0 Å². The molecule has 0 aliphatic rings. The minimum absolute atomic E-state index is 0.179. The van der Waals surface area contributed by atoms with Gasteiger partial charge >= 0.3 is 0 Å². The van der Waals surface area contributed by atoms with Gasteiger partial charge in [0.2, 0.25) is 0 Å². The molecule has 1 heterocycles. The molecule has 1 aromatic heterocycles. The molecule has 0 spiro atoms. The first-order chi connectivity index (χ1) is 10.2. The minimum Gasteiger partial charge on any atom is -0.335 e. The van der Waals surface area contributed by atoms with Crippen molar-refractivity contribution >= 4 is 11.8 Å². The molecule has 0 aliphatic carbocycles. The lowest BCUT2D eigenvalue weighted by molar-refractivity contribution is 0.542. The molecule has 0 bridgehead atoms. The first kappa shape index (κ1) is 16.0. The van der Waals surface area contributed by atoms with E-state index in [-0.39, 0.29) is 5.82 Å². The van der Waals surface area contributed by atoms with Gasteiger partial charge in [0.15, 0.2) is 0 Å². The quantitative estimate of drug-likeness (QED) is 0.759. The molecule has 0 aliphatic heterocycles. The van der Waals surface area contributed by atoms with Crippen LogP contribution in [0.1, 0.15) is 19.7 Å². The number of aryl methyl sites for hydroxylation is 1. The molecule has 1 aromatic carbocycles. The number of hydrogen-bond donors (Lipinski definition) is 1. The van der Waals surface area contributed by atoms with E-state index in [9.17, 15) is 4.39 Å². The van der Waals surface area contributed by atoms with E-state index in [1.165, 1.54) is 6.07 Å². The van der Waals surface area contributed by atoms with Crippen LogP contribution in [-0.4, -0.2) is 27.9 Å². The second kappa shape index (κ2) is 8.20. The van der Waals surface area contributed by atoms with Crippen molar-refractivity contribution in [1.29, 1.82) is 0 Å². The summed E-state index contributed by atoms with van der Waals surface area (Å²) in [7, 11) is 0. The lowest BCUT2D eigenvalue weighted by Crippen LogP contribution is -2.34. The van der Waals surface area contributed by atoms with Crippen LogP contribution in [0.5, 0.6) is 0 Å². The highest BCUT2D eigenvalue weighted by Gasteiger charge is 2.12. The van der Waals surface area contributed by atoms with Crippen LogP contribution in [0.3, 0.4) is 0 Å². The van der Waals surface area contributed by atoms with E-state index in [0.29, 0.717) is 6.04 Å². The Hall–Kier alpha value is -1.33. The molecule has 0 saturated carbocycles. The van der Waals surface area contributed by atoms with Gasteiger partial charge < -0.3 is 9.88 Å². The van der Waals surface area contributed by atoms with Gasteiger partial charge in [0.1, 0.15) is 11.6 Å². The Kier molecular flexibility index (Phi) is 6.26. The van der Waals surface area contributed by atoms with Crippen LogP contribution in [0.2, 0.25) is 0 Å². The maximum absolute atomic E-state index is 13.2. The van der Waals surface area contributed by atoms with Crippen molar-refractivity contribution in [2.24, 2.45) is 0 Å². The van der Waals surface area contributed by atoms with Gasteiger partial charge in [-0.3, -0.25) is 0 Å². The van der Waals surface area contributed by atoms with Crippen molar-refractivity contribution < 1.29 is 4.39 Å². The van der Waals surface area contributed by atoms with Gasteiger partial charge in [0, 0.05) is 42.0 Å². The Morgan fingerprint density at radius 3 is 2.95 bits per heavy atom. The maximum Gasteiger partial charge on any atom is 0.124 e. The first-order valence-corrected chi connectivity index (χ1v) is 8.33. The predicted molar refractivity (Wildman–Crippen MR) is 86.2 cm³/mol. The zero-order chi connectivity index (χ0) is 15.1. The Bertz CT molecular complexity index is 556. The van der Waals surface area contributed by atoms with Gasteiger partial charge in [0.05, 0.1) is 0 Å². The van der Waals surface area contributed by atoms with Crippen LogP contribution < -0.4 is 5.32 Å². The summed E-state index contributed by atoms with van der Waals surface area (Å²) < 4.78 is 15.4. The highest BCUT2D eigenvalue weighted by atomic mass is 32.2. The Morgan fingerprint density at radius 1 is 1.38 bits per heavy atom. The third-order valence-corrected chi connectivity index (χ3v) is 4.47. The number of halogens is 1. The van der Waals surface area contributed by atoms with Crippen molar-refractivity contribution in [2.75, 3.05) is 12.3 Å². The van der Waals surface area contributed by atoms with E-state index in [1.807, 2.05) is 18.5 Å². The maximum atomic E-state index is 13.2. The first-order valence-electron chi connectivity index (χ1n) is 7.34. The van der Waals surface area contributed by atoms with Crippen LogP contribution in [0, 0.1) is 5.82 Å². The van der Waals surface area contributed by atoms with Gasteiger partial charge in [-0.15, -0.1) is 11.8 Å². The third-order valence-electron chi connectivity index (χ3n) is 3.31. The van der Waals surface area contributed by atoms with Crippen molar-refractivity contribution in [1.82, 2.24) is 14.9 Å². The molecular formula is C16H22FN3S. The summed E-state index contributed by atoms with van der Waals surface area (Å²) in [5, 5.41) is 3.49. The van der Waals surface area contributed by atoms with E-state index in [4.69, 9.17) is 0 Å². The SMILES string of the molecule is CCNC(CSc1cccc(F)c1)Cc1nccn1CC. The topological polar surface area (TPSA) is 29.9 Å². The molecule has 1 atom stereocenters. The predicted octanol–water partition coefficient (Wildman–Crippen LogP) is 3.36. The summed E-state index contributed by atoms with van der Waals surface area (Å²) in [6.45, 7) is 6.08. The summed E-state index contributed by atoms with van der Waals surface area (Å²) in [6, 6.07) is 7.09. The van der Waals surface area contributed by atoms with Crippen molar-refractivity contribution in [3.8, 4) is 0 Å². The monoisotopic (exact) mass is 307 g/mol. The number of benzene rings is 1. The summed E-state index contributed by atoms with van der Waals surface area (Å²) in [4.78, 5) is 5.40. The fraction of sp³-hybridized carbons (Fsp3) is 0.438. The molecule has 2 aromatic rings. The number of imidazole rings is 1. The zero-order valence-electron chi connectivity index (χ0n) is 12.6. The Labute approximate surface area is 130 Å². The molecular weight excluding hydrogens is 285 g/mol. The highest BCUT2D eigenvalue weighted by molar-refractivity contribution is 7.99. The molecule has 5 heteroatoms. The van der Waals surface area contributed by atoms with Crippen LogP contribution in [0.15, 0.2) is 41.6 Å². The number of rotatable bonds is 8. The van der Waals surface area contributed by atoms with Crippen LogP contribution in [0.4, 0.5) is 4.39 Å². The van der Waals surface area contributed by atoms with E-state index >= 15 is 0 Å². The average molecular weight is 307 g/mol.